The number of carbonyl (C=O) groups is 2. The molecule has 2 amide bonds. The average Bonchev–Trinajstić information content (AvgIpc) is 3.16. The van der Waals surface area contributed by atoms with Crippen LogP contribution in [0.3, 0.4) is 0 Å². The quantitative estimate of drug-likeness (QED) is 0.674. The van der Waals surface area contributed by atoms with Crippen LogP contribution >= 0.6 is 0 Å². The first-order chi connectivity index (χ1) is 14.5. The van der Waals surface area contributed by atoms with E-state index < -0.39 is 11.9 Å². The van der Waals surface area contributed by atoms with E-state index in [9.17, 15) is 14.0 Å². The molecule has 0 saturated carbocycles. The largest absolute Gasteiger partial charge is 0.497 e. The molecule has 2 heterocycles. The molecule has 3 aromatic rings. The number of nitrogens with one attached hydrogen (secondary N) is 2. The van der Waals surface area contributed by atoms with Crippen LogP contribution in [-0.2, 0) is 9.59 Å². The van der Waals surface area contributed by atoms with Crippen LogP contribution in [0, 0.1) is 5.82 Å². The van der Waals surface area contributed by atoms with Crippen LogP contribution < -0.4 is 20.1 Å². The van der Waals surface area contributed by atoms with Gasteiger partial charge < -0.3 is 20.1 Å². The van der Waals surface area contributed by atoms with Crippen LogP contribution in [0.4, 0.5) is 15.9 Å². The summed E-state index contributed by atoms with van der Waals surface area (Å²) in [6.45, 7) is 0. The average molecular weight is 410 g/mol. The van der Waals surface area contributed by atoms with Crippen molar-refractivity contribution in [1.82, 2.24) is 9.78 Å². The third-order valence-electron chi connectivity index (χ3n) is 4.80. The fourth-order valence-electron chi connectivity index (χ4n) is 3.32. The third kappa shape index (κ3) is 3.69. The van der Waals surface area contributed by atoms with Crippen molar-refractivity contribution in [2.45, 2.75) is 12.5 Å². The molecule has 1 aliphatic rings. The summed E-state index contributed by atoms with van der Waals surface area (Å²) in [4.78, 5) is 25.3. The van der Waals surface area contributed by atoms with E-state index in [1.54, 1.807) is 36.5 Å². The predicted molar refractivity (Wildman–Crippen MR) is 108 cm³/mol. The Hall–Kier alpha value is -3.88. The Balaban J connectivity index is 1.64. The number of amides is 2. The number of hydrogen-bond donors (Lipinski definition) is 2. The van der Waals surface area contributed by atoms with Crippen molar-refractivity contribution >= 4 is 23.3 Å². The summed E-state index contributed by atoms with van der Waals surface area (Å²) in [5.74, 6) is 0.342. The molecule has 1 aromatic heterocycles. The van der Waals surface area contributed by atoms with Crippen molar-refractivity contribution in [3.63, 3.8) is 0 Å². The van der Waals surface area contributed by atoms with Gasteiger partial charge in [0.15, 0.2) is 0 Å². The molecule has 8 nitrogen and oxygen atoms in total. The lowest BCUT2D eigenvalue weighted by atomic mass is 10.1. The molecule has 1 atom stereocenters. The molecular weight excluding hydrogens is 391 g/mol. The molecule has 30 heavy (non-hydrogen) atoms. The van der Waals surface area contributed by atoms with E-state index in [1.807, 2.05) is 0 Å². The van der Waals surface area contributed by atoms with Gasteiger partial charge >= 0.3 is 0 Å². The van der Waals surface area contributed by atoms with E-state index in [4.69, 9.17) is 9.47 Å². The molecule has 2 aromatic carbocycles. The number of hydrogen-bond acceptors (Lipinski definition) is 5. The second-order valence-electron chi connectivity index (χ2n) is 6.72. The SMILES string of the molecule is COc1cc(NC(=O)[C@H]2CC(=O)Nc3c(-c4ccc(F)cc4)cnn32)cc(OC)c1. The number of benzene rings is 2. The zero-order chi connectivity index (χ0) is 21.3. The Bertz CT molecular complexity index is 1090. The second kappa shape index (κ2) is 7.86. The maximum Gasteiger partial charge on any atom is 0.249 e. The van der Waals surface area contributed by atoms with E-state index in [2.05, 4.69) is 15.7 Å². The molecule has 0 fully saturated rings. The number of ether oxygens (including phenoxy) is 2. The Morgan fingerprint density at radius 2 is 1.83 bits per heavy atom. The summed E-state index contributed by atoms with van der Waals surface area (Å²) in [6.07, 6.45) is 1.48. The molecule has 0 bridgehead atoms. The third-order valence-corrected chi connectivity index (χ3v) is 4.80. The van der Waals surface area contributed by atoms with Gasteiger partial charge in [0.05, 0.1) is 26.8 Å². The molecule has 1 aliphatic heterocycles. The van der Waals surface area contributed by atoms with E-state index >= 15 is 0 Å². The molecule has 0 radical (unpaired) electrons. The van der Waals surface area contributed by atoms with E-state index in [0.29, 0.717) is 34.1 Å². The van der Waals surface area contributed by atoms with E-state index in [1.165, 1.54) is 31.0 Å². The first-order valence-electron chi connectivity index (χ1n) is 9.15. The molecule has 154 valence electrons. The monoisotopic (exact) mass is 410 g/mol. The van der Waals surface area contributed by atoms with Crippen LogP contribution in [0.15, 0.2) is 48.7 Å². The summed E-state index contributed by atoms with van der Waals surface area (Å²) in [5.41, 5.74) is 1.75. The van der Waals surface area contributed by atoms with E-state index in [-0.39, 0.29) is 18.1 Å². The van der Waals surface area contributed by atoms with Gasteiger partial charge in [-0.05, 0) is 17.7 Å². The van der Waals surface area contributed by atoms with Gasteiger partial charge in [-0.3, -0.25) is 9.59 Å². The first-order valence-corrected chi connectivity index (χ1v) is 9.15. The van der Waals surface area contributed by atoms with Gasteiger partial charge in [-0.15, -0.1) is 0 Å². The predicted octanol–water partition coefficient (Wildman–Crippen LogP) is 3.23. The maximum absolute atomic E-state index is 13.3. The fourth-order valence-corrected chi connectivity index (χ4v) is 3.32. The molecule has 9 heteroatoms. The molecule has 2 N–H and O–H groups in total. The number of methoxy groups -OCH3 is 2. The Labute approximate surface area is 171 Å². The Morgan fingerprint density at radius 3 is 2.47 bits per heavy atom. The van der Waals surface area contributed by atoms with Gasteiger partial charge in [0.1, 0.15) is 29.2 Å². The standard InChI is InChI=1S/C21H19FN4O4/c1-29-15-7-14(8-16(9-15)30-2)24-21(28)18-10-19(27)25-20-17(11-23-26(18)20)12-3-5-13(22)6-4-12/h3-9,11,18H,10H2,1-2H3,(H,24,28)(H,25,27)/t18-/m1/s1. The van der Waals surface area contributed by atoms with Crippen LogP contribution in [-0.4, -0.2) is 35.8 Å². The van der Waals surface area contributed by atoms with Gasteiger partial charge in [0, 0.05) is 29.4 Å². The van der Waals surface area contributed by atoms with Crippen molar-refractivity contribution in [2.24, 2.45) is 0 Å². The topological polar surface area (TPSA) is 94.5 Å². The first kappa shape index (κ1) is 19.4. The zero-order valence-electron chi connectivity index (χ0n) is 16.3. The van der Waals surface area contributed by atoms with Crippen molar-refractivity contribution in [3.8, 4) is 22.6 Å². The zero-order valence-corrected chi connectivity index (χ0v) is 16.3. The number of fused-ring (bicyclic) bond motifs is 1. The molecule has 0 saturated heterocycles. The van der Waals surface area contributed by atoms with E-state index in [0.717, 1.165) is 0 Å². The van der Waals surface area contributed by atoms with Crippen LogP contribution in [0.5, 0.6) is 11.5 Å². The maximum atomic E-state index is 13.3. The molecular formula is C21H19FN4O4. The van der Waals surface area contributed by atoms with Crippen molar-refractivity contribution in [2.75, 3.05) is 24.9 Å². The summed E-state index contributed by atoms with van der Waals surface area (Å²) >= 11 is 0. The summed E-state index contributed by atoms with van der Waals surface area (Å²) in [7, 11) is 3.03. The summed E-state index contributed by atoms with van der Waals surface area (Å²) in [6, 6.07) is 9.96. The lowest BCUT2D eigenvalue weighted by Gasteiger charge is -2.24. The van der Waals surface area contributed by atoms with Gasteiger partial charge in [-0.2, -0.15) is 5.10 Å². The minimum Gasteiger partial charge on any atom is -0.497 e. The highest BCUT2D eigenvalue weighted by molar-refractivity contribution is 6.03. The number of rotatable bonds is 5. The Morgan fingerprint density at radius 1 is 1.17 bits per heavy atom. The lowest BCUT2D eigenvalue weighted by molar-refractivity contribution is -0.125. The number of anilines is 2. The number of halogens is 1. The number of nitrogens with zero attached hydrogens (tertiary/aromatic N) is 2. The minimum atomic E-state index is -0.847. The highest BCUT2D eigenvalue weighted by Gasteiger charge is 2.33. The van der Waals surface area contributed by atoms with Crippen LogP contribution in [0.25, 0.3) is 11.1 Å². The smallest absolute Gasteiger partial charge is 0.249 e. The molecule has 0 aliphatic carbocycles. The number of carbonyl (C=O) groups excluding carboxylic acids is 2. The van der Waals surface area contributed by atoms with Gasteiger partial charge in [0.25, 0.3) is 0 Å². The van der Waals surface area contributed by atoms with Gasteiger partial charge in [-0.1, -0.05) is 12.1 Å². The molecule has 4 rings (SSSR count). The molecule has 0 unspecified atom stereocenters. The normalized spacial score (nSPS) is 15.2. The lowest BCUT2D eigenvalue weighted by Crippen LogP contribution is -2.35. The molecule has 0 spiro atoms. The van der Waals surface area contributed by atoms with Crippen LogP contribution in [0.1, 0.15) is 12.5 Å². The highest BCUT2D eigenvalue weighted by Crippen LogP contribution is 2.35. The second-order valence-corrected chi connectivity index (χ2v) is 6.72. The fraction of sp³-hybridized carbons (Fsp3) is 0.190. The van der Waals surface area contributed by atoms with Gasteiger partial charge in [-0.25, -0.2) is 9.07 Å². The number of aromatic nitrogens is 2. The summed E-state index contributed by atoms with van der Waals surface area (Å²) < 4.78 is 25.2. The van der Waals surface area contributed by atoms with Crippen LogP contribution in [0.2, 0.25) is 0 Å². The van der Waals surface area contributed by atoms with Gasteiger partial charge in [0.2, 0.25) is 11.8 Å². The minimum absolute atomic E-state index is 0.0650. The Kier molecular flexibility index (Phi) is 5.09. The van der Waals surface area contributed by atoms with Crippen molar-refractivity contribution in [3.05, 3.63) is 54.5 Å². The van der Waals surface area contributed by atoms with Crippen molar-refractivity contribution in [1.29, 1.82) is 0 Å². The highest BCUT2D eigenvalue weighted by atomic mass is 19.1. The summed E-state index contributed by atoms with van der Waals surface area (Å²) in [5, 5.41) is 9.84. The van der Waals surface area contributed by atoms with Crippen molar-refractivity contribution < 1.29 is 23.5 Å².